The van der Waals surface area contributed by atoms with Crippen LogP contribution in [-0.2, 0) is 20.9 Å². The number of ether oxygens (including phenoxy) is 1. The number of piperidine rings is 1. The van der Waals surface area contributed by atoms with Crippen molar-refractivity contribution in [2.45, 2.75) is 38.8 Å². The summed E-state index contributed by atoms with van der Waals surface area (Å²) in [6.45, 7) is 4.92. The van der Waals surface area contributed by atoms with Gasteiger partial charge in [-0.25, -0.2) is 0 Å². The van der Waals surface area contributed by atoms with Gasteiger partial charge < -0.3 is 20.3 Å². The average Bonchev–Trinajstić information content (AvgIpc) is 2.66. The summed E-state index contributed by atoms with van der Waals surface area (Å²) >= 11 is 0. The van der Waals surface area contributed by atoms with Gasteiger partial charge in [-0.2, -0.15) is 0 Å². The van der Waals surface area contributed by atoms with Crippen molar-refractivity contribution in [1.29, 1.82) is 0 Å². The summed E-state index contributed by atoms with van der Waals surface area (Å²) in [6.07, 6.45) is 6.24. The van der Waals surface area contributed by atoms with Gasteiger partial charge in [0.25, 0.3) is 0 Å². The minimum absolute atomic E-state index is 0.0335. The second kappa shape index (κ2) is 10.8. The molecule has 138 valence electrons. The van der Waals surface area contributed by atoms with E-state index in [0.717, 1.165) is 44.5 Å². The molecule has 0 spiro atoms. The quantitative estimate of drug-likeness (QED) is 0.687. The number of hydrogen-bond donors (Lipinski definition) is 2. The Bertz CT molecular complexity index is 532. The van der Waals surface area contributed by atoms with Crippen LogP contribution in [0.15, 0.2) is 24.5 Å². The molecule has 2 rings (SSSR count). The molecule has 0 radical (unpaired) electrons. The molecule has 1 aliphatic heterocycles. The zero-order valence-corrected chi connectivity index (χ0v) is 14.9. The molecule has 0 unspecified atom stereocenters. The minimum atomic E-state index is -0.236. The fourth-order valence-electron chi connectivity index (χ4n) is 2.94. The molecule has 2 heterocycles. The first kappa shape index (κ1) is 19.3. The molecule has 1 aliphatic rings. The molecule has 0 aliphatic carbocycles. The SMILES string of the molecule is CCCN(C(=O)COCC(=O)NCc1cccnc1)C1CCNCC1. The van der Waals surface area contributed by atoms with Gasteiger partial charge in [-0.3, -0.25) is 14.6 Å². The van der Waals surface area contributed by atoms with Crippen LogP contribution in [0.4, 0.5) is 0 Å². The van der Waals surface area contributed by atoms with E-state index >= 15 is 0 Å². The molecule has 0 atom stereocenters. The summed E-state index contributed by atoms with van der Waals surface area (Å²) in [4.78, 5) is 30.1. The molecule has 0 aromatic carbocycles. The standard InChI is InChI=1S/C18H28N4O3/c1-2-10-22(16-5-8-19-9-6-16)18(24)14-25-13-17(23)21-12-15-4-3-7-20-11-15/h3-4,7,11,16,19H,2,5-6,8-10,12-14H2,1H3,(H,21,23). The van der Waals surface area contributed by atoms with E-state index in [0.29, 0.717) is 6.54 Å². The van der Waals surface area contributed by atoms with Crippen LogP contribution in [0.1, 0.15) is 31.7 Å². The van der Waals surface area contributed by atoms with E-state index in [1.54, 1.807) is 12.4 Å². The number of carbonyl (C=O) groups excluding carboxylic acids is 2. The van der Waals surface area contributed by atoms with Crippen LogP contribution in [0.3, 0.4) is 0 Å². The van der Waals surface area contributed by atoms with Crippen molar-refractivity contribution >= 4 is 11.8 Å². The van der Waals surface area contributed by atoms with Crippen molar-refractivity contribution < 1.29 is 14.3 Å². The highest BCUT2D eigenvalue weighted by atomic mass is 16.5. The molecule has 2 amide bonds. The molecular weight excluding hydrogens is 320 g/mol. The molecule has 7 heteroatoms. The third-order valence-electron chi connectivity index (χ3n) is 4.21. The first-order valence-electron chi connectivity index (χ1n) is 8.94. The maximum atomic E-state index is 12.4. The van der Waals surface area contributed by atoms with E-state index in [1.165, 1.54) is 0 Å². The topological polar surface area (TPSA) is 83.6 Å². The number of carbonyl (C=O) groups is 2. The van der Waals surface area contributed by atoms with Gasteiger partial charge in [-0.1, -0.05) is 13.0 Å². The van der Waals surface area contributed by atoms with Gasteiger partial charge in [0.05, 0.1) is 0 Å². The molecule has 1 fully saturated rings. The predicted molar refractivity (Wildman–Crippen MR) is 94.8 cm³/mol. The third kappa shape index (κ3) is 6.80. The third-order valence-corrected chi connectivity index (χ3v) is 4.21. The van der Waals surface area contributed by atoms with Crippen LogP contribution in [0, 0.1) is 0 Å². The lowest BCUT2D eigenvalue weighted by Gasteiger charge is -2.34. The monoisotopic (exact) mass is 348 g/mol. The van der Waals surface area contributed by atoms with Gasteiger partial charge in [0.15, 0.2) is 0 Å². The van der Waals surface area contributed by atoms with Crippen molar-refractivity contribution in [3.63, 3.8) is 0 Å². The smallest absolute Gasteiger partial charge is 0.248 e. The predicted octanol–water partition coefficient (Wildman–Crippen LogP) is 0.705. The van der Waals surface area contributed by atoms with Crippen LogP contribution >= 0.6 is 0 Å². The molecular formula is C18H28N4O3. The molecule has 7 nitrogen and oxygen atoms in total. The van der Waals surface area contributed by atoms with E-state index in [-0.39, 0.29) is 31.1 Å². The number of aromatic nitrogens is 1. The Morgan fingerprint density at radius 3 is 2.84 bits per heavy atom. The maximum absolute atomic E-state index is 12.4. The zero-order chi connectivity index (χ0) is 17.9. The van der Waals surface area contributed by atoms with Gasteiger partial charge in [0.2, 0.25) is 11.8 Å². The largest absolute Gasteiger partial charge is 0.362 e. The highest BCUT2D eigenvalue weighted by Crippen LogP contribution is 2.12. The van der Waals surface area contributed by atoms with Gasteiger partial charge in [0, 0.05) is 31.5 Å². The highest BCUT2D eigenvalue weighted by molar-refractivity contribution is 5.79. The first-order valence-corrected chi connectivity index (χ1v) is 8.94. The number of pyridine rings is 1. The van der Waals surface area contributed by atoms with Gasteiger partial charge in [0.1, 0.15) is 13.2 Å². The van der Waals surface area contributed by atoms with Crippen LogP contribution < -0.4 is 10.6 Å². The van der Waals surface area contributed by atoms with E-state index in [9.17, 15) is 9.59 Å². The lowest BCUT2D eigenvalue weighted by Crippen LogP contribution is -2.47. The number of nitrogens with zero attached hydrogens (tertiary/aromatic N) is 2. The molecule has 0 bridgehead atoms. The Morgan fingerprint density at radius 2 is 2.16 bits per heavy atom. The lowest BCUT2D eigenvalue weighted by atomic mass is 10.0. The molecule has 25 heavy (non-hydrogen) atoms. The van der Waals surface area contributed by atoms with E-state index in [2.05, 4.69) is 22.5 Å². The second-order valence-electron chi connectivity index (χ2n) is 6.20. The van der Waals surface area contributed by atoms with Crippen molar-refractivity contribution in [2.24, 2.45) is 0 Å². The number of hydrogen-bond acceptors (Lipinski definition) is 5. The number of nitrogens with one attached hydrogen (secondary N) is 2. The van der Waals surface area contributed by atoms with E-state index in [4.69, 9.17) is 4.74 Å². The van der Waals surface area contributed by atoms with Gasteiger partial charge in [-0.05, 0) is 44.0 Å². The van der Waals surface area contributed by atoms with Crippen LogP contribution in [0.2, 0.25) is 0 Å². The average molecular weight is 348 g/mol. The van der Waals surface area contributed by atoms with Crippen molar-refractivity contribution in [3.05, 3.63) is 30.1 Å². The molecule has 0 saturated carbocycles. The van der Waals surface area contributed by atoms with Gasteiger partial charge >= 0.3 is 0 Å². The second-order valence-corrected chi connectivity index (χ2v) is 6.20. The maximum Gasteiger partial charge on any atom is 0.248 e. The summed E-state index contributed by atoms with van der Waals surface area (Å²) in [5, 5.41) is 6.06. The number of amides is 2. The summed E-state index contributed by atoms with van der Waals surface area (Å²) in [7, 11) is 0. The highest BCUT2D eigenvalue weighted by Gasteiger charge is 2.24. The Balaban J connectivity index is 1.69. The van der Waals surface area contributed by atoms with E-state index < -0.39 is 0 Å². The molecule has 2 N–H and O–H groups in total. The first-order chi connectivity index (χ1) is 12.2. The van der Waals surface area contributed by atoms with Crippen molar-refractivity contribution in [1.82, 2.24) is 20.5 Å². The van der Waals surface area contributed by atoms with Crippen molar-refractivity contribution in [2.75, 3.05) is 32.8 Å². The normalized spacial score (nSPS) is 14.9. The summed E-state index contributed by atoms with van der Waals surface area (Å²) < 4.78 is 5.33. The Kier molecular flexibility index (Phi) is 8.34. The van der Waals surface area contributed by atoms with E-state index in [1.807, 2.05) is 17.0 Å². The molecule has 1 aromatic heterocycles. The summed E-state index contributed by atoms with van der Waals surface area (Å²) in [5.41, 5.74) is 0.923. The Hall–Kier alpha value is -1.99. The summed E-state index contributed by atoms with van der Waals surface area (Å²) in [6, 6.07) is 3.98. The Morgan fingerprint density at radius 1 is 1.36 bits per heavy atom. The minimum Gasteiger partial charge on any atom is -0.362 e. The fraction of sp³-hybridized carbons (Fsp3) is 0.611. The molecule has 1 saturated heterocycles. The van der Waals surface area contributed by atoms with Crippen LogP contribution in [0.5, 0.6) is 0 Å². The van der Waals surface area contributed by atoms with Crippen LogP contribution in [-0.4, -0.2) is 60.6 Å². The fourth-order valence-corrected chi connectivity index (χ4v) is 2.94. The van der Waals surface area contributed by atoms with Crippen molar-refractivity contribution in [3.8, 4) is 0 Å². The van der Waals surface area contributed by atoms with Crippen LogP contribution in [0.25, 0.3) is 0 Å². The number of rotatable bonds is 9. The lowest BCUT2D eigenvalue weighted by molar-refractivity contribution is -0.140. The molecule has 1 aromatic rings. The zero-order valence-electron chi connectivity index (χ0n) is 14.9. The Labute approximate surface area is 149 Å². The summed E-state index contributed by atoms with van der Waals surface area (Å²) in [5.74, 6) is -0.269. The van der Waals surface area contributed by atoms with Gasteiger partial charge in [-0.15, -0.1) is 0 Å².